The molecule has 1 aliphatic rings. The molecule has 6 nitrogen and oxygen atoms in total. The highest BCUT2D eigenvalue weighted by atomic mass is 16.5. The maximum atomic E-state index is 6.10. The lowest BCUT2D eigenvalue weighted by Crippen LogP contribution is -2.22. The fraction of sp³-hybridized carbons (Fsp3) is 0.615. The highest BCUT2D eigenvalue weighted by Crippen LogP contribution is 2.37. The van der Waals surface area contributed by atoms with E-state index in [0.29, 0.717) is 29.3 Å². The van der Waals surface area contributed by atoms with Crippen molar-refractivity contribution < 1.29 is 4.74 Å². The summed E-state index contributed by atoms with van der Waals surface area (Å²) in [6, 6.07) is 0.373. The summed E-state index contributed by atoms with van der Waals surface area (Å²) in [5.41, 5.74) is 7.53. The molecule has 0 amide bonds. The monoisotopic (exact) mass is 261 g/mol. The van der Waals surface area contributed by atoms with Crippen LogP contribution in [0.15, 0.2) is 6.33 Å². The molecule has 2 aromatic heterocycles. The summed E-state index contributed by atoms with van der Waals surface area (Å²) in [4.78, 5) is 12.8. The molecule has 2 unspecified atom stereocenters. The Kier molecular flexibility index (Phi) is 3.00. The first-order valence-corrected chi connectivity index (χ1v) is 6.74. The van der Waals surface area contributed by atoms with Crippen LogP contribution in [0.5, 0.6) is 5.88 Å². The van der Waals surface area contributed by atoms with Gasteiger partial charge in [-0.05, 0) is 18.8 Å². The predicted molar refractivity (Wildman–Crippen MR) is 73.0 cm³/mol. The SMILES string of the molecule is COc1ncnc2c1nc(N)n2C1CCCCC1C. The van der Waals surface area contributed by atoms with E-state index in [1.807, 2.05) is 0 Å². The van der Waals surface area contributed by atoms with Gasteiger partial charge in [0.1, 0.15) is 6.33 Å². The van der Waals surface area contributed by atoms with Gasteiger partial charge < -0.3 is 10.5 Å². The highest BCUT2D eigenvalue weighted by Gasteiger charge is 2.27. The van der Waals surface area contributed by atoms with Crippen LogP contribution in [0.3, 0.4) is 0 Å². The van der Waals surface area contributed by atoms with Crippen molar-refractivity contribution in [2.45, 2.75) is 38.6 Å². The van der Waals surface area contributed by atoms with Crippen LogP contribution in [-0.4, -0.2) is 26.6 Å². The Morgan fingerprint density at radius 2 is 2.11 bits per heavy atom. The van der Waals surface area contributed by atoms with Crippen LogP contribution in [0.1, 0.15) is 38.6 Å². The van der Waals surface area contributed by atoms with Gasteiger partial charge in [0.15, 0.2) is 11.2 Å². The van der Waals surface area contributed by atoms with Crippen LogP contribution < -0.4 is 10.5 Å². The molecular weight excluding hydrogens is 242 g/mol. The first-order valence-electron chi connectivity index (χ1n) is 6.74. The second-order valence-corrected chi connectivity index (χ2v) is 5.22. The van der Waals surface area contributed by atoms with Crippen molar-refractivity contribution in [1.29, 1.82) is 0 Å². The van der Waals surface area contributed by atoms with Gasteiger partial charge in [0.2, 0.25) is 11.8 Å². The van der Waals surface area contributed by atoms with Gasteiger partial charge >= 0.3 is 0 Å². The van der Waals surface area contributed by atoms with E-state index in [4.69, 9.17) is 10.5 Å². The zero-order valence-corrected chi connectivity index (χ0v) is 11.3. The van der Waals surface area contributed by atoms with E-state index in [0.717, 1.165) is 12.1 Å². The fourth-order valence-corrected chi connectivity index (χ4v) is 3.06. The summed E-state index contributed by atoms with van der Waals surface area (Å²) < 4.78 is 7.29. The highest BCUT2D eigenvalue weighted by molar-refractivity contribution is 5.79. The maximum absolute atomic E-state index is 6.10. The van der Waals surface area contributed by atoms with E-state index in [2.05, 4.69) is 26.4 Å². The summed E-state index contributed by atoms with van der Waals surface area (Å²) in [7, 11) is 1.58. The minimum atomic E-state index is 0.373. The van der Waals surface area contributed by atoms with Crippen molar-refractivity contribution in [2.24, 2.45) is 5.92 Å². The smallest absolute Gasteiger partial charge is 0.245 e. The van der Waals surface area contributed by atoms with Gasteiger partial charge in [-0.1, -0.05) is 19.8 Å². The number of imidazole rings is 1. The quantitative estimate of drug-likeness (QED) is 0.896. The Bertz CT molecular complexity index is 594. The Balaban J connectivity index is 2.15. The lowest BCUT2D eigenvalue weighted by Gasteiger charge is -2.30. The number of nitrogen functional groups attached to an aromatic ring is 1. The lowest BCUT2D eigenvalue weighted by atomic mass is 9.86. The molecule has 0 aromatic carbocycles. The third kappa shape index (κ3) is 1.91. The molecular formula is C13H19N5O. The zero-order valence-electron chi connectivity index (χ0n) is 11.3. The van der Waals surface area contributed by atoms with E-state index < -0.39 is 0 Å². The topological polar surface area (TPSA) is 78.8 Å². The number of rotatable bonds is 2. The van der Waals surface area contributed by atoms with Crippen LogP contribution in [0.4, 0.5) is 5.95 Å². The summed E-state index contributed by atoms with van der Waals surface area (Å²) in [5.74, 6) is 1.58. The molecule has 1 fully saturated rings. The number of ether oxygens (including phenoxy) is 1. The minimum absolute atomic E-state index is 0.373. The molecule has 1 saturated carbocycles. The first-order chi connectivity index (χ1) is 9.22. The van der Waals surface area contributed by atoms with Crippen LogP contribution in [0.2, 0.25) is 0 Å². The summed E-state index contributed by atoms with van der Waals surface area (Å²) in [5, 5.41) is 0. The number of hydrogen-bond acceptors (Lipinski definition) is 5. The normalized spacial score (nSPS) is 23.7. The van der Waals surface area contributed by atoms with Crippen molar-refractivity contribution in [3.05, 3.63) is 6.33 Å². The average molecular weight is 261 g/mol. The van der Waals surface area contributed by atoms with Crippen molar-refractivity contribution in [2.75, 3.05) is 12.8 Å². The summed E-state index contributed by atoms with van der Waals surface area (Å²) >= 11 is 0. The van der Waals surface area contributed by atoms with Gasteiger partial charge in [-0.2, -0.15) is 4.98 Å². The second-order valence-electron chi connectivity index (χ2n) is 5.22. The fourth-order valence-electron chi connectivity index (χ4n) is 3.06. The minimum Gasteiger partial charge on any atom is -0.479 e. The molecule has 2 atom stereocenters. The molecule has 102 valence electrons. The van der Waals surface area contributed by atoms with Crippen molar-refractivity contribution in [1.82, 2.24) is 19.5 Å². The Hall–Kier alpha value is -1.85. The van der Waals surface area contributed by atoms with Gasteiger partial charge in [-0.3, -0.25) is 4.57 Å². The number of anilines is 1. The largest absolute Gasteiger partial charge is 0.479 e. The van der Waals surface area contributed by atoms with Gasteiger partial charge in [-0.25, -0.2) is 9.97 Å². The van der Waals surface area contributed by atoms with Crippen molar-refractivity contribution >= 4 is 17.1 Å². The summed E-state index contributed by atoms with van der Waals surface area (Å²) in [6.07, 6.45) is 6.39. The van der Waals surface area contributed by atoms with Crippen molar-refractivity contribution in [3.8, 4) is 5.88 Å². The van der Waals surface area contributed by atoms with Crippen LogP contribution in [0.25, 0.3) is 11.2 Å². The van der Waals surface area contributed by atoms with Gasteiger partial charge in [-0.15, -0.1) is 0 Å². The van der Waals surface area contributed by atoms with E-state index >= 15 is 0 Å². The number of methoxy groups -OCH3 is 1. The molecule has 1 aliphatic carbocycles. The number of fused-ring (bicyclic) bond motifs is 1. The first kappa shape index (κ1) is 12.2. The summed E-state index contributed by atoms with van der Waals surface area (Å²) in [6.45, 7) is 2.27. The molecule has 2 heterocycles. The molecule has 3 rings (SSSR count). The van der Waals surface area contributed by atoms with E-state index in [1.165, 1.54) is 25.6 Å². The Labute approximate surface area is 112 Å². The standard InChI is InChI=1S/C13H19N5O/c1-8-5-3-4-6-9(8)18-11-10(17-13(18)14)12(19-2)16-7-15-11/h7-9H,3-6H2,1-2H3,(H2,14,17). The van der Waals surface area contributed by atoms with Gasteiger partial charge in [0.05, 0.1) is 7.11 Å². The molecule has 2 aromatic rings. The predicted octanol–water partition coefficient (Wildman–Crippen LogP) is 2.17. The van der Waals surface area contributed by atoms with Gasteiger partial charge in [0, 0.05) is 6.04 Å². The molecule has 0 saturated heterocycles. The lowest BCUT2D eigenvalue weighted by molar-refractivity contribution is 0.263. The molecule has 6 heteroatoms. The number of hydrogen-bond donors (Lipinski definition) is 1. The second kappa shape index (κ2) is 4.68. The van der Waals surface area contributed by atoms with Crippen LogP contribution in [-0.2, 0) is 0 Å². The molecule has 19 heavy (non-hydrogen) atoms. The number of aromatic nitrogens is 4. The Morgan fingerprint density at radius 1 is 1.32 bits per heavy atom. The third-order valence-corrected chi connectivity index (χ3v) is 4.06. The molecule has 0 bridgehead atoms. The Morgan fingerprint density at radius 3 is 2.84 bits per heavy atom. The molecule has 0 spiro atoms. The number of nitrogens with two attached hydrogens (primary N) is 1. The molecule has 0 aliphatic heterocycles. The zero-order chi connectivity index (χ0) is 13.4. The average Bonchev–Trinajstić information content (AvgIpc) is 2.75. The van der Waals surface area contributed by atoms with Crippen LogP contribution in [0, 0.1) is 5.92 Å². The molecule has 2 N–H and O–H groups in total. The van der Waals surface area contributed by atoms with Gasteiger partial charge in [0.25, 0.3) is 0 Å². The third-order valence-electron chi connectivity index (χ3n) is 4.06. The van der Waals surface area contributed by atoms with Crippen molar-refractivity contribution in [3.63, 3.8) is 0 Å². The van der Waals surface area contributed by atoms with E-state index in [-0.39, 0.29) is 0 Å². The maximum Gasteiger partial charge on any atom is 0.245 e. The van der Waals surface area contributed by atoms with Crippen LogP contribution >= 0.6 is 0 Å². The van der Waals surface area contributed by atoms with E-state index in [9.17, 15) is 0 Å². The number of nitrogens with zero attached hydrogens (tertiary/aromatic N) is 4. The van der Waals surface area contributed by atoms with E-state index in [1.54, 1.807) is 7.11 Å². The molecule has 0 radical (unpaired) electrons.